The van der Waals surface area contributed by atoms with Gasteiger partial charge in [-0.3, -0.25) is 4.98 Å². The second-order valence-corrected chi connectivity index (χ2v) is 8.93. The van der Waals surface area contributed by atoms with Gasteiger partial charge in [0.05, 0.1) is 12.2 Å². The number of carbonyl (C=O) groups excluding carboxylic acids is 1. The summed E-state index contributed by atoms with van der Waals surface area (Å²) in [7, 11) is -2.31. The molecule has 1 aromatic rings. The van der Waals surface area contributed by atoms with Gasteiger partial charge in [-0.25, -0.2) is 4.79 Å². The summed E-state index contributed by atoms with van der Waals surface area (Å²) in [6.45, 7) is 9.06. The summed E-state index contributed by atoms with van der Waals surface area (Å²) < 4.78 is 17.1. The van der Waals surface area contributed by atoms with Crippen LogP contribution in [-0.4, -0.2) is 30.0 Å². The summed E-state index contributed by atoms with van der Waals surface area (Å²) in [6.07, 6.45) is 1.11. The first-order valence-electron chi connectivity index (χ1n) is 6.05. The highest BCUT2D eigenvalue weighted by molar-refractivity contribution is 7.70. The van der Waals surface area contributed by atoms with Crippen LogP contribution in [0.2, 0.25) is 0 Å². The van der Waals surface area contributed by atoms with Crippen molar-refractivity contribution in [3.8, 4) is 0 Å². The quantitative estimate of drug-likeness (QED) is 0.865. The molecule has 6 heteroatoms. The minimum Gasteiger partial charge on any atom is -0.444 e. The number of nitrogens with zero attached hydrogens (tertiary/aromatic N) is 1. The van der Waals surface area contributed by atoms with E-state index in [2.05, 4.69) is 10.3 Å². The van der Waals surface area contributed by atoms with Crippen molar-refractivity contribution in [2.75, 3.05) is 13.3 Å². The molecule has 19 heavy (non-hydrogen) atoms. The van der Waals surface area contributed by atoms with E-state index in [1.54, 1.807) is 52.4 Å². The normalized spacial score (nSPS) is 12.1. The van der Waals surface area contributed by atoms with Gasteiger partial charge in [0.15, 0.2) is 0 Å². The molecule has 5 nitrogen and oxygen atoms in total. The number of carbonyl (C=O) groups is 1. The fourth-order valence-corrected chi connectivity index (χ4v) is 2.26. The number of aromatic nitrogens is 1. The molecule has 106 valence electrons. The van der Waals surface area contributed by atoms with Crippen molar-refractivity contribution in [1.82, 2.24) is 10.3 Å². The first kappa shape index (κ1) is 15.7. The second-order valence-electron chi connectivity index (χ2n) is 5.71. The molecule has 1 heterocycles. The van der Waals surface area contributed by atoms with E-state index in [-0.39, 0.29) is 6.54 Å². The fourth-order valence-electron chi connectivity index (χ4n) is 1.37. The van der Waals surface area contributed by atoms with Gasteiger partial charge in [0.2, 0.25) is 0 Å². The lowest BCUT2D eigenvalue weighted by molar-refractivity contribution is 0.0523. The van der Waals surface area contributed by atoms with Crippen molar-refractivity contribution in [3.05, 3.63) is 24.0 Å². The van der Waals surface area contributed by atoms with Gasteiger partial charge < -0.3 is 14.6 Å². The predicted molar refractivity (Wildman–Crippen MR) is 76.4 cm³/mol. The molecule has 0 aliphatic rings. The van der Waals surface area contributed by atoms with Gasteiger partial charge in [-0.15, -0.1) is 0 Å². The zero-order valence-electron chi connectivity index (χ0n) is 12.1. The molecule has 1 aromatic heterocycles. The molecule has 1 N–H and O–H groups in total. The highest BCUT2D eigenvalue weighted by atomic mass is 31.2. The highest BCUT2D eigenvalue weighted by Crippen LogP contribution is 2.34. The molecule has 0 spiro atoms. The average Bonchev–Trinajstić information content (AvgIpc) is 2.23. The van der Waals surface area contributed by atoms with Crippen LogP contribution in [0.5, 0.6) is 0 Å². The number of rotatable bonds is 3. The lowest BCUT2D eigenvalue weighted by Crippen LogP contribution is -2.32. The third-order valence-electron chi connectivity index (χ3n) is 2.23. The molecular weight excluding hydrogens is 263 g/mol. The molecule has 0 aromatic carbocycles. The maximum Gasteiger partial charge on any atom is 0.407 e. The number of hydrogen-bond acceptors (Lipinski definition) is 4. The zero-order valence-corrected chi connectivity index (χ0v) is 13.0. The first-order valence-corrected chi connectivity index (χ1v) is 8.65. The number of amides is 1. The molecule has 0 aliphatic heterocycles. The molecule has 1 rings (SSSR count). The zero-order chi connectivity index (χ0) is 14.7. The second kappa shape index (κ2) is 5.74. The Morgan fingerprint density at radius 2 is 2.05 bits per heavy atom. The smallest absolute Gasteiger partial charge is 0.407 e. The van der Waals surface area contributed by atoms with E-state index in [1.165, 1.54) is 0 Å². The van der Waals surface area contributed by atoms with Gasteiger partial charge in [0.1, 0.15) is 12.7 Å². The van der Waals surface area contributed by atoms with Gasteiger partial charge in [-0.05, 0) is 46.2 Å². The number of ether oxygens (including phenoxy) is 1. The summed E-state index contributed by atoms with van der Waals surface area (Å²) in [6, 6.07) is 3.48. The van der Waals surface area contributed by atoms with Crippen LogP contribution in [0.25, 0.3) is 0 Å². The van der Waals surface area contributed by atoms with Crippen molar-refractivity contribution >= 4 is 18.5 Å². The SMILES string of the molecule is CC(C)(C)OC(=O)NCc1cc(P(C)(C)=O)ccn1. The Hall–Kier alpha value is -1.35. The largest absolute Gasteiger partial charge is 0.444 e. The van der Waals surface area contributed by atoms with Crippen molar-refractivity contribution in [3.63, 3.8) is 0 Å². The third-order valence-corrected chi connectivity index (χ3v) is 3.76. The number of pyridine rings is 1. The van der Waals surface area contributed by atoms with Crippen LogP contribution in [0.15, 0.2) is 18.3 Å². The molecule has 0 saturated carbocycles. The van der Waals surface area contributed by atoms with Crippen molar-refractivity contribution in [2.24, 2.45) is 0 Å². The van der Waals surface area contributed by atoms with Gasteiger partial charge in [-0.1, -0.05) is 0 Å². The standard InChI is InChI=1S/C13H21N2O3P/c1-13(2,3)18-12(16)15-9-10-8-11(6-7-14-10)19(4,5)17/h6-8H,9H2,1-5H3,(H,15,16). The number of hydrogen-bond donors (Lipinski definition) is 1. The van der Waals surface area contributed by atoms with Gasteiger partial charge in [-0.2, -0.15) is 0 Å². The lowest BCUT2D eigenvalue weighted by Gasteiger charge is -2.19. The number of alkyl carbamates (subject to hydrolysis) is 1. The van der Waals surface area contributed by atoms with E-state index >= 15 is 0 Å². The maximum atomic E-state index is 12.0. The van der Waals surface area contributed by atoms with Crippen LogP contribution in [-0.2, 0) is 15.8 Å². The van der Waals surface area contributed by atoms with Crippen LogP contribution in [0.4, 0.5) is 4.79 Å². The first-order chi connectivity index (χ1) is 8.58. The summed E-state index contributed by atoms with van der Waals surface area (Å²) >= 11 is 0. The molecule has 0 radical (unpaired) electrons. The molecule has 0 fully saturated rings. The Balaban J connectivity index is 2.64. The molecule has 1 amide bonds. The Morgan fingerprint density at radius 1 is 1.42 bits per heavy atom. The monoisotopic (exact) mass is 284 g/mol. The highest BCUT2D eigenvalue weighted by Gasteiger charge is 2.16. The fraction of sp³-hybridized carbons (Fsp3) is 0.538. The van der Waals surface area contributed by atoms with Crippen molar-refractivity contribution in [1.29, 1.82) is 0 Å². The minimum atomic E-state index is -2.31. The molecule has 0 unspecified atom stereocenters. The predicted octanol–water partition coefficient (Wildman–Crippen LogP) is 2.35. The van der Waals surface area contributed by atoms with Crippen LogP contribution in [0, 0.1) is 0 Å². The Morgan fingerprint density at radius 3 is 2.58 bits per heavy atom. The van der Waals surface area contributed by atoms with Gasteiger partial charge >= 0.3 is 6.09 Å². The van der Waals surface area contributed by atoms with Crippen molar-refractivity contribution < 1.29 is 14.1 Å². The Kier molecular flexibility index (Phi) is 4.75. The Bertz CT molecular complexity index is 503. The van der Waals surface area contributed by atoms with E-state index in [0.717, 1.165) is 5.30 Å². The van der Waals surface area contributed by atoms with E-state index in [1.807, 2.05) is 0 Å². The van der Waals surface area contributed by atoms with Gasteiger partial charge in [0, 0.05) is 11.5 Å². The maximum absolute atomic E-state index is 12.0. The van der Waals surface area contributed by atoms with E-state index in [9.17, 15) is 9.36 Å². The van der Waals surface area contributed by atoms with Crippen molar-refractivity contribution in [2.45, 2.75) is 32.9 Å². The third kappa shape index (κ3) is 5.88. The van der Waals surface area contributed by atoms with Gasteiger partial charge in [0.25, 0.3) is 0 Å². The van der Waals surface area contributed by atoms with E-state index < -0.39 is 18.8 Å². The molecule has 0 saturated heterocycles. The number of nitrogens with one attached hydrogen (secondary N) is 1. The molecule has 0 atom stereocenters. The van der Waals surface area contributed by atoms with E-state index in [0.29, 0.717) is 5.69 Å². The molecule has 0 aliphatic carbocycles. The summed E-state index contributed by atoms with van der Waals surface area (Å²) in [5.74, 6) is 0. The van der Waals surface area contributed by atoms with Crippen LogP contribution in [0.3, 0.4) is 0 Å². The van der Waals surface area contributed by atoms with E-state index in [4.69, 9.17) is 4.74 Å². The van der Waals surface area contributed by atoms with Crippen LogP contribution >= 0.6 is 7.14 Å². The Labute approximate surface area is 114 Å². The summed E-state index contributed by atoms with van der Waals surface area (Å²) in [5.41, 5.74) is 0.134. The lowest BCUT2D eigenvalue weighted by atomic mass is 10.2. The van der Waals surface area contributed by atoms with Crippen LogP contribution in [0.1, 0.15) is 26.5 Å². The molecule has 0 bridgehead atoms. The molecular formula is C13H21N2O3P. The topological polar surface area (TPSA) is 68.3 Å². The average molecular weight is 284 g/mol. The minimum absolute atomic E-state index is 0.253. The summed E-state index contributed by atoms with van der Waals surface area (Å²) in [5, 5.41) is 3.37. The summed E-state index contributed by atoms with van der Waals surface area (Å²) in [4.78, 5) is 15.6. The van der Waals surface area contributed by atoms with Crippen LogP contribution < -0.4 is 10.6 Å².